The van der Waals surface area contributed by atoms with Gasteiger partial charge in [0.15, 0.2) is 0 Å². The normalized spacial score (nSPS) is 11.9. The molecule has 0 bridgehead atoms. The summed E-state index contributed by atoms with van der Waals surface area (Å²) in [6, 6.07) is 7.26. The van der Waals surface area contributed by atoms with Crippen molar-refractivity contribution in [2.45, 2.75) is 33.2 Å². The molecule has 0 aliphatic heterocycles. The highest BCUT2D eigenvalue weighted by Crippen LogP contribution is 2.29. The topological polar surface area (TPSA) is 65.4 Å². The smallest absolute Gasteiger partial charge is 0.226 e. The molecule has 1 atom stereocenters. The van der Waals surface area contributed by atoms with Crippen LogP contribution in [0, 0.1) is 13.8 Å². The SMILES string of the molecule is COc1ccc(OC)c(NC(=O)C[C@@H](C)n2nc(C)cc2C)c1. The zero-order chi connectivity index (χ0) is 17.0. The molecule has 1 N–H and O–H groups in total. The maximum Gasteiger partial charge on any atom is 0.226 e. The number of amides is 1. The number of methoxy groups -OCH3 is 2. The first-order valence-corrected chi connectivity index (χ1v) is 7.49. The second-order valence-corrected chi connectivity index (χ2v) is 5.54. The summed E-state index contributed by atoms with van der Waals surface area (Å²) in [4.78, 5) is 12.3. The molecule has 2 aromatic rings. The van der Waals surface area contributed by atoms with E-state index in [-0.39, 0.29) is 11.9 Å². The molecule has 1 aromatic carbocycles. The molecule has 0 unspecified atom stereocenters. The summed E-state index contributed by atoms with van der Waals surface area (Å²) in [5.74, 6) is 1.15. The Morgan fingerprint density at radius 1 is 1.26 bits per heavy atom. The quantitative estimate of drug-likeness (QED) is 0.889. The first kappa shape index (κ1) is 16.9. The van der Waals surface area contributed by atoms with E-state index in [0.717, 1.165) is 11.4 Å². The fourth-order valence-electron chi connectivity index (χ4n) is 2.56. The number of carbonyl (C=O) groups is 1. The van der Waals surface area contributed by atoms with Gasteiger partial charge >= 0.3 is 0 Å². The minimum Gasteiger partial charge on any atom is -0.497 e. The fraction of sp³-hybridized carbons (Fsp3) is 0.412. The Bertz CT molecular complexity index is 694. The maximum atomic E-state index is 12.3. The van der Waals surface area contributed by atoms with Crippen molar-refractivity contribution in [3.8, 4) is 11.5 Å². The lowest BCUT2D eigenvalue weighted by molar-refractivity contribution is -0.116. The highest BCUT2D eigenvalue weighted by atomic mass is 16.5. The Hall–Kier alpha value is -2.50. The molecular weight excluding hydrogens is 294 g/mol. The van der Waals surface area contributed by atoms with Crippen molar-refractivity contribution >= 4 is 11.6 Å². The van der Waals surface area contributed by atoms with Gasteiger partial charge in [0.25, 0.3) is 0 Å². The van der Waals surface area contributed by atoms with Crippen molar-refractivity contribution in [1.82, 2.24) is 9.78 Å². The fourth-order valence-corrected chi connectivity index (χ4v) is 2.56. The van der Waals surface area contributed by atoms with E-state index in [9.17, 15) is 4.79 Å². The third-order valence-electron chi connectivity index (χ3n) is 3.62. The van der Waals surface area contributed by atoms with Crippen molar-refractivity contribution in [2.24, 2.45) is 0 Å². The van der Waals surface area contributed by atoms with Gasteiger partial charge in [0.1, 0.15) is 11.5 Å². The summed E-state index contributed by atoms with van der Waals surface area (Å²) in [6.45, 7) is 5.90. The number of carbonyl (C=O) groups excluding carboxylic acids is 1. The molecule has 6 nitrogen and oxygen atoms in total. The molecular formula is C17H23N3O3. The second-order valence-electron chi connectivity index (χ2n) is 5.54. The molecule has 0 saturated heterocycles. The molecule has 0 spiro atoms. The van der Waals surface area contributed by atoms with E-state index in [0.29, 0.717) is 23.6 Å². The maximum absolute atomic E-state index is 12.3. The van der Waals surface area contributed by atoms with E-state index in [2.05, 4.69) is 10.4 Å². The summed E-state index contributed by atoms with van der Waals surface area (Å²) in [7, 11) is 3.15. The lowest BCUT2D eigenvalue weighted by Gasteiger charge is -2.16. The van der Waals surface area contributed by atoms with Crippen LogP contribution in [-0.2, 0) is 4.79 Å². The van der Waals surface area contributed by atoms with Crippen LogP contribution in [0.15, 0.2) is 24.3 Å². The number of hydrogen-bond acceptors (Lipinski definition) is 4. The molecule has 0 aliphatic rings. The molecule has 0 fully saturated rings. The summed E-state index contributed by atoms with van der Waals surface area (Å²) < 4.78 is 12.3. The van der Waals surface area contributed by atoms with Gasteiger partial charge in [0.05, 0.1) is 31.6 Å². The van der Waals surface area contributed by atoms with E-state index >= 15 is 0 Å². The summed E-state index contributed by atoms with van der Waals surface area (Å²) in [5.41, 5.74) is 2.59. The van der Waals surface area contributed by atoms with E-state index in [1.807, 2.05) is 31.5 Å². The Balaban J connectivity index is 2.09. The van der Waals surface area contributed by atoms with E-state index in [1.165, 1.54) is 0 Å². The van der Waals surface area contributed by atoms with Crippen LogP contribution in [-0.4, -0.2) is 29.9 Å². The van der Waals surface area contributed by atoms with Gasteiger partial charge in [-0.05, 0) is 39.0 Å². The van der Waals surface area contributed by atoms with Crippen molar-refractivity contribution < 1.29 is 14.3 Å². The summed E-state index contributed by atoms with van der Waals surface area (Å²) >= 11 is 0. The molecule has 1 aromatic heterocycles. The number of rotatable bonds is 6. The van der Waals surface area contributed by atoms with E-state index in [4.69, 9.17) is 9.47 Å². The zero-order valence-electron chi connectivity index (χ0n) is 14.2. The van der Waals surface area contributed by atoms with Gasteiger partial charge in [0.2, 0.25) is 5.91 Å². The number of ether oxygens (including phenoxy) is 2. The van der Waals surface area contributed by atoms with Gasteiger partial charge in [-0.3, -0.25) is 9.48 Å². The van der Waals surface area contributed by atoms with Gasteiger partial charge < -0.3 is 14.8 Å². The van der Waals surface area contributed by atoms with Gasteiger partial charge in [-0.15, -0.1) is 0 Å². The van der Waals surface area contributed by atoms with Crippen LogP contribution < -0.4 is 14.8 Å². The Labute approximate surface area is 136 Å². The van der Waals surface area contributed by atoms with Crippen LogP contribution in [0.3, 0.4) is 0 Å². The number of nitrogens with zero attached hydrogens (tertiary/aromatic N) is 2. The average Bonchev–Trinajstić information content (AvgIpc) is 2.85. The third kappa shape index (κ3) is 4.03. The zero-order valence-corrected chi connectivity index (χ0v) is 14.2. The van der Waals surface area contributed by atoms with Crippen molar-refractivity contribution in [3.63, 3.8) is 0 Å². The van der Waals surface area contributed by atoms with E-state index in [1.54, 1.807) is 32.4 Å². The predicted molar refractivity (Wildman–Crippen MR) is 89.2 cm³/mol. The third-order valence-corrected chi connectivity index (χ3v) is 3.62. The van der Waals surface area contributed by atoms with Crippen LogP contribution >= 0.6 is 0 Å². The number of anilines is 1. The lowest BCUT2D eigenvalue weighted by Crippen LogP contribution is -2.19. The highest BCUT2D eigenvalue weighted by molar-refractivity contribution is 5.92. The first-order valence-electron chi connectivity index (χ1n) is 7.49. The Morgan fingerprint density at radius 2 is 2.00 bits per heavy atom. The van der Waals surface area contributed by atoms with Gasteiger partial charge in [-0.1, -0.05) is 0 Å². The van der Waals surface area contributed by atoms with E-state index < -0.39 is 0 Å². The number of aromatic nitrogens is 2. The van der Waals surface area contributed by atoms with Crippen molar-refractivity contribution in [2.75, 3.05) is 19.5 Å². The molecule has 23 heavy (non-hydrogen) atoms. The standard InChI is InChI=1S/C17H23N3O3/c1-11-8-12(2)20(19-11)13(3)9-17(21)18-15-10-14(22-4)6-7-16(15)23-5/h6-8,10,13H,9H2,1-5H3,(H,18,21)/t13-/m1/s1. The van der Waals surface area contributed by atoms with Crippen molar-refractivity contribution in [3.05, 3.63) is 35.7 Å². The minimum absolute atomic E-state index is 0.0275. The molecule has 6 heteroatoms. The van der Waals surface area contributed by atoms with Crippen molar-refractivity contribution in [1.29, 1.82) is 0 Å². The monoisotopic (exact) mass is 317 g/mol. The van der Waals surface area contributed by atoms with Crippen LogP contribution in [0.25, 0.3) is 0 Å². The van der Waals surface area contributed by atoms with Crippen LogP contribution in [0.4, 0.5) is 5.69 Å². The lowest BCUT2D eigenvalue weighted by atomic mass is 10.2. The summed E-state index contributed by atoms with van der Waals surface area (Å²) in [6.07, 6.45) is 0.322. The summed E-state index contributed by atoms with van der Waals surface area (Å²) in [5, 5.41) is 7.30. The molecule has 1 amide bonds. The van der Waals surface area contributed by atoms with Gasteiger partial charge in [0, 0.05) is 18.2 Å². The number of benzene rings is 1. The largest absolute Gasteiger partial charge is 0.497 e. The molecule has 0 radical (unpaired) electrons. The van der Waals surface area contributed by atoms with Crippen LogP contribution in [0.1, 0.15) is 30.8 Å². The molecule has 1 heterocycles. The molecule has 0 saturated carbocycles. The molecule has 2 rings (SSSR count). The predicted octanol–water partition coefficient (Wildman–Crippen LogP) is 3.11. The molecule has 0 aliphatic carbocycles. The van der Waals surface area contributed by atoms with Gasteiger partial charge in [-0.25, -0.2) is 0 Å². The number of aryl methyl sites for hydroxylation is 2. The Kier molecular flexibility index (Phi) is 5.26. The van der Waals surface area contributed by atoms with Crippen LogP contribution in [0.2, 0.25) is 0 Å². The van der Waals surface area contributed by atoms with Crippen LogP contribution in [0.5, 0.6) is 11.5 Å². The van der Waals surface area contributed by atoms with Gasteiger partial charge in [-0.2, -0.15) is 5.10 Å². The average molecular weight is 317 g/mol. The second kappa shape index (κ2) is 7.17. The Morgan fingerprint density at radius 3 is 2.57 bits per heavy atom. The highest BCUT2D eigenvalue weighted by Gasteiger charge is 2.15. The first-order chi connectivity index (χ1) is 10.9. The molecule has 124 valence electrons. The number of hydrogen-bond donors (Lipinski definition) is 1. The minimum atomic E-state index is -0.100. The number of nitrogens with one attached hydrogen (secondary N) is 1.